The molecule has 1 heterocycles. The molecule has 0 aliphatic carbocycles. The van der Waals surface area contributed by atoms with E-state index in [0.717, 1.165) is 5.56 Å². The van der Waals surface area contributed by atoms with Gasteiger partial charge in [0.25, 0.3) is 0 Å². The molecule has 18 heavy (non-hydrogen) atoms. The Hall–Kier alpha value is -2.40. The average molecular weight is 234 g/mol. The molecule has 2 heteroatoms. The summed E-state index contributed by atoms with van der Waals surface area (Å²) in [4.78, 5) is 4.20. The Morgan fingerprint density at radius 2 is 2.06 bits per heavy atom. The van der Waals surface area contributed by atoms with Crippen molar-refractivity contribution in [1.29, 1.82) is 5.26 Å². The van der Waals surface area contributed by atoms with Crippen LogP contribution in [-0.2, 0) is 0 Å². The van der Waals surface area contributed by atoms with E-state index in [2.05, 4.69) is 24.0 Å². The normalized spacial score (nSPS) is 11.1. The fourth-order valence-electron chi connectivity index (χ4n) is 1.83. The number of allylic oxidation sites excluding steroid dienone is 1. The smallest absolute Gasteiger partial charge is 0.101 e. The minimum absolute atomic E-state index is 0.586. The second kappa shape index (κ2) is 5.29. The van der Waals surface area contributed by atoms with E-state index in [0.29, 0.717) is 11.3 Å². The molecule has 0 aliphatic rings. The maximum Gasteiger partial charge on any atom is 0.101 e. The van der Waals surface area contributed by atoms with Crippen molar-refractivity contribution in [2.75, 3.05) is 0 Å². The van der Waals surface area contributed by atoms with E-state index in [-0.39, 0.29) is 0 Å². The minimum Gasteiger partial charge on any atom is -0.256 e. The number of nitrogens with zero attached hydrogens (tertiary/aromatic N) is 2. The zero-order valence-electron chi connectivity index (χ0n) is 10.5. The molecule has 0 atom stereocenters. The van der Waals surface area contributed by atoms with Crippen LogP contribution in [0, 0.1) is 25.2 Å². The van der Waals surface area contributed by atoms with E-state index < -0.39 is 0 Å². The van der Waals surface area contributed by atoms with Crippen LogP contribution in [0.3, 0.4) is 0 Å². The summed E-state index contributed by atoms with van der Waals surface area (Å²) in [6, 6.07) is 14.0. The zero-order valence-corrected chi connectivity index (χ0v) is 10.5. The summed E-state index contributed by atoms with van der Waals surface area (Å²) in [5.74, 6) is 0. The predicted octanol–water partition coefficient (Wildman–Crippen LogP) is 3.76. The summed E-state index contributed by atoms with van der Waals surface area (Å²) in [5.41, 5.74) is 4.74. The number of pyridine rings is 1. The highest BCUT2D eigenvalue weighted by Crippen LogP contribution is 2.18. The van der Waals surface area contributed by atoms with Gasteiger partial charge in [-0.15, -0.1) is 0 Å². The van der Waals surface area contributed by atoms with Crippen LogP contribution in [-0.4, -0.2) is 4.98 Å². The van der Waals surface area contributed by atoms with Crippen LogP contribution in [0.5, 0.6) is 0 Å². The van der Waals surface area contributed by atoms with Gasteiger partial charge in [-0.3, -0.25) is 4.98 Å². The van der Waals surface area contributed by atoms with Gasteiger partial charge in [-0.1, -0.05) is 29.8 Å². The van der Waals surface area contributed by atoms with Crippen molar-refractivity contribution < 1.29 is 0 Å². The van der Waals surface area contributed by atoms with Gasteiger partial charge in [0.15, 0.2) is 0 Å². The van der Waals surface area contributed by atoms with Gasteiger partial charge in [-0.2, -0.15) is 5.26 Å². The van der Waals surface area contributed by atoms with Gasteiger partial charge >= 0.3 is 0 Å². The first-order valence-electron chi connectivity index (χ1n) is 5.81. The third-order valence-corrected chi connectivity index (χ3v) is 2.79. The average Bonchev–Trinajstić information content (AvgIpc) is 2.39. The Morgan fingerprint density at radius 1 is 1.22 bits per heavy atom. The molecule has 0 saturated carbocycles. The lowest BCUT2D eigenvalue weighted by Gasteiger charge is -2.03. The number of hydrogen-bond donors (Lipinski definition) is 0. The third-order valence-electron chi connectivity index (χ3n) is 2.79. The highest BCUT2D eigenvalue weighted by atomic mass is 14.7. The second-order valence-electron chi connectivity index (χ2n) is 4.24. The number of aryl methyl sites for hydroxylation is 2. The lowest BCUT2D eigenvalue weighted by atomic mass is 10.0. The van der Waals surface area contributed by atoms with Crippen molar-refractivity contribution in [3.8, 4) is 6.07 Å². The monoisotopic (exact) mass is 234 g/mol. The molecule has 0 bridgehead atoms. The van der Waals surface area contributed by atoms with Crippen LogP contribution in [0.15, 0.2) is 42.6 Å². The SMILES string of the molecule is Cc1ccc(/C=C(\C#N)c2ccccn2)c(C)c1. The van der Waals surface area contributed by atoms with E-state index in [1.807, 2.05) is 43.3 Å². The maximum atomic E-state index is 9.23. The Morgan fingerprint density at radius 3 is 2.67 bits per heavy atom. The van der Waals surface area contributed by atoms with Gasteiger partial charge in [0.1, 0.15) is 6.07 Å². The molecule has 0 N–H and O–H groups in total. The van der Waals surface area contributed by atoms with Crippen LogP contribution in [0.2, 0.25) is 0 Å². The van der Waals surface area contributed by atoms with E-state index >= 15 is 0 Å². The lowest BCUT2D eigenvalue weighted by Crippen LogP contribution is -1.88. The van der Waals surface area contributed by atoms with Crippen molar-refractivity contribution in [3.05, 3.63) is 65.0 Å². The Kier molecular flexibility index (Phi) is 3.54. The number of nitriles is 1. The van der Waals surface area contributed by atoms with E-state index in [9.17, 15) is 5.26 Å². The van der Waals surface area contributed by atoms with Crippen molar-refractivity contribution >= 4 is 11.6 Å². The number of benzene rings is 1. The molecule has 0 spiro atoms. The topological polar surface area (TPSA) is 36.7 Å². The first-order valence-corrected chi connectivity index (χ1v) is 5.81. The Balaban J connectivity index is 2.45. The number of aromatic nitrogens is 1. The second-order valence-corrected chi connectivity index (χ2v) is 4.24. The highest BCUT2D eigenvalue weighted by Gasteiger charge is 2.03. The third kappa shape index (κ3) is 2.64. The highest BCUT2D eigenvalue weighted by molar-refractivity contribution is 5.88. The molecule has 2 rings (SSSR count). The molecule has 88 valence electrons. The summed E-state index contributed by atoms with van der Waals surface area (Å²) in [6.07, 6.45) is 3.58. The van der Waals surface area contributed by atoms with Crippen molar-refractivity contribution in [1.82, 2.24) is 4.98 Å². The maximum absolute atomic E-state index is 9.23. The predicted molar refractivity (Wildman–Crippen MR) is 73.6 cm³/mol. The molecule has 0 amide bonds. The molecule has 0 unspecified atom stereocenters. The van der Waals surface area contributed by atoms with Crippen LogP contribution in [0.4, 0.5) is 0 Å². The minimum atomic E-state index is 0.586. The molecule has 0 aliphatic heterocycles. The number of hydrogen-bond acceptors (Lipinski definition) is 2. The van der Waals surface area contributed by atoms with E-state index in [1.54, 1.807) is 6.20 Å². The fraction of sp³-hybridized carbons (Fsp3) is 0.125. The zero-order chi connectivity index (χ0) is 13.0. The molecular weight excluding hydrogens is 220 g/mol. The van der Waals surface area contributed by atoms with Crippen molar-refractivity contribution in [2.45, 2.75) is 13.8 Å². The number of rotatable bonds is 2. The van der Waals surface area contributed by atoms with Crippen LogP contribution >= 0.6 is 0 Å². The molecule has 0 radical (unpaired) electrons. The van der Waals surface area contributed by atoms with Gasteiger partial charge in [-0.25, -0.2) is 0 Å². The lowest BCUT2D eigenvalue weighted by molar-refractivity contribution is 1.28. The van der Waals surface area contributed by atoms with E-state index in [1.165, 1.54) is 11.1 Å². The summed E-state index contributed by atoms with van der Waals surface area (Å²) >= 11 is 0. The van der Waals surface area contributed by atoms with Gasteiger partial charge in [-0.05, 0) is 43.2 Å². The molecule has 1 aromatic heterocycles. The van der Waals surface area contributed by atoms with Gasteiger partial charge in [0.05, 0.1) is 11.3 Å². The van der Waals surface area contributed by atoms with Crippen LogP contribution in [0.1, 0.15) is 22.4 Å². The molecule has 0 saturated heterocycles. The van der Waals surface area contributed by atoms with Gasteiger partial charge in [0, 0.05) is 6.20 Å². The first-order chi connectivity index (χ1) is 8.70. The van der Waals surface area contributed by atoms with E-state index in [4.69, 9.17) is 0 Å². The molecular formula is C16H14N2. The summed E-state index contributed by atoms with van der Waals surface area (Å²) in [6.45, 7) is 4.11. The molecule has 2 nitrogen and oxygen atoms in total. The Bertz CT molecular complexity index is 619. The van der Waals surface area contributed by atoms with Crippen molar-refractivity contribution in [3.63, 3.8) is 0 Å². The first kappa shape index (κ1) is 12.1. The summed E-state index contributed by atoms with van der Waals surface area (Å²) in [5, 5.41) is 9.23. The quantitative estimate of drug-likeness (QED) is 0.742. The van der Waals surface area contributed by atoms with Gasteiger partial charge < -0.3 is 0 Å². The van der Waals surface area contributed by atoms with Crippen LogP contribution < -0.4 is 0 Å². The largest absolute Gasteiger partial charge is 0.256 e. The van der Waals surface area contributed by atoms with Crippen LogP contribution in [0.25, 0.3) is 11.6 Å². The van der Waals surface area contributed by atoms with Gasteiger partial charge in [0.2, 0.25) is 0 Å². The summed E-state index contributed by atoms with van der Waals surface area (Å²) < 4.78 is 0. The van der Waals surface area contributed by atoms with Crippen molar-refractivity contribution in [2.24, 2.45) is 0 Å². The molecule has 2 aromatic rings. The summed E-state index contributed by atoms with van der Waals surface area (Å²) in [7, 11) is 0. The Labute approximate surface area is 107 Å². The standard InChI is InChI=1S/C16H14N2/c1-12-6-7-14(13(2)9-12)10-15(11-17)16-5-3-4-8-18-16/h3-10H,1-2H3/b15-10+. The molecule has 1 aromatic carbocycles. The molecule has 0 fully saturated rings. The fourth-order valence-corrected chi connectivity index (χ4v) is 1.83.